The number of aromatic nitrogens is 1. The Kier molecular flexibility index (Phi) is 16.6. The van der Waals surface area contributed by atoms with E-state index in [9.17, 15) is 110 Å². The van der Waals surface area contributed by atoms with Gasteiger partial charge in [0.1, 0.15) is 12.7 Å². The second kappa shape index (κ2) is 21.6. The summed E-state index contributed by atoms with van der Waals surface area (Å²) in [5.74, 6) is 0.0214. The van der Waals surface area contributed by atoms with Gasteiger partial charge in [-0.05, 0) is 41.2 Å². The summed E-state index contributed by atoms with van der Waals surface area (Å²) in [6, 6.07) is 10.2. The van der Waals surface area contributed by atoms with Gasteiger partial charge in [-0.25, -0.2) is 0 Å². The third-order valence-corrected chi connectivity index (χ3v) is 12.2. The number of hydrogen-bond acceptors (Lipinski definition) is 2. The molecular formula is C50H27BF24N4O. The second-order valence-electron chi connectivity index (χ2n) is 17.4. The van der Waals surface area contributed by atoms with E-state index in [1.807, 2.05) is 59.3 Å². The highest BCUT2D eigenvalue weighted by molar-refractivity contribution is 7.20. The summed E-state index contributed by atoms with van der Waals surface area (Å²) in [4.78, 5) is 15.3. The summed E-state index contributed by atoms with van der Waals surface area (Å²) in [6.45, 7) is 0.422. The van der Waals surface area contributed by atoms with E-state index < -0.39 is 195 Å². The lowest BCUT2D eigenvalue weighted by molar-refractivity contribution is -0.689. The van der Waals surface area contributed by atoms with Crippen molar-refractivity contribution in [1.82, 2.24) is 0 Å². The van der Waals surface area contributed by atoms with Crippen molar-refractivity contribution in [3.05, 3.63) is 206 Å². The number of alkyl halides is 24. The van der Waals surface area contributed by atoms with Crippen LogP contribution in [0.25, 0.3) is 21.2 Å². The fourth-order valence-corrected chi connectivity index (χ4v) is 8.68. The molecule has 0 atom stereocenters. The first-order valence-corrected chi connectivity index (χ1v) is 21.9. The zero-order valence-electron chi connectivity index (χ0n) is 39.0. The number of halogens is 24. The quantitative estimate of drug-likeness (QED) is 0.0270. The van der Waals surface area contributed by atoms with E-state index in [0.29, 0.717) is 5.56 Å². The van der Waals surface area contributed by atoms with Crippen molar-refractivity contribution in [2.45, 2.75) is 62.5 Å². The molecule has 0 fully saturated rings. The summed E-state index contributed by atoms with van der Waals surface area (Å²) in [7, 11) is 0. The first-order chi connectivity index (χ1) is 36.6. The van der Waals surface area contributed by atoms with E-state index in [-0.39, 0.29) is 18.9 Å². The van der Waals surface area contributed by atoms with Gasteiger partial charge in [0.05, 0.1) is 44.5 Å². The van der Waals surface area contributed by atoms with Crippen LogP contribution in [0.15, 0.2) is 145 Å². The van der Waals surface area contributed by atoms with Crippen LogP contribution >= 0.6 is 0 Å². The van der Waals surface area contributed by atoms with Crippen LogP contribution in [0.5, 0.6) is 0 Å². The Morgan fingerprint density at radius 1 is 0.412 bits per heavy atom. The fraction of sp³-hybridized carbons (Fsp3) is 0.200. The van der Waals surface area contributed by atoms with Gasteiger partial charge in [0, 0.05) is 21.9 Å². The first kappa shape index (κ1) is 61.3. The zero-order chi connectivity index (χ0) is 60.0. The molecule has 0 aliphatic heterocycles. The van der Waals surface area contributed by atoms with Crippen LogP contribution in [0.1, 0.15) is 60.6 Å². The van der Waals surface area contributed by atoms with Crippen LogP contribution in [0.2, 0.25) is 0 Å². The summed E-state index contributed by atoms with van der Waals surface area (Å²) in [5, 5.41) is 5.73. The molecule has 0 saturated heterocycles. The molecule has 7 aromatic rings. The number of fused-ring (bicyclic) bond motifs is 1. The minimum Gasteiger partial charge on any atom is -0.287 e. The Morgan fingerprint density at radius 2 is 0.700 bits per heavy atom. The van der Waals surface area contributed by atoms with E-state index in [4.69, 9.17) is 5.53 Å². The van der Waals surface area contributed by atoms with Gasteiger partial charge in [0.2, 0.25) is 12.3 Å². The number of nitrogens with zero attached hydrogens (tertiary/aromatic N) is 4. The fourth-order valence-electron chi connectivity index (χ4n) is 8.68. The number of carbonyl (C=O) groups excluding carboxylic acids is 1. The largest absolute Gasteiger partial charge is 0.416 e. The van der Waals surface area contributed by atoms with Crippen LogP contribution < -0.4 is 26.4 Å². The highest BCUT2D eigenvalue weighted by Crippen LogP contribution is 2.41. The van der Waals surface area contributed by atoms with Gasteiger partial charge in [-0.2, -0.15) is 132 Å². The van der Waals surface area contributed by atoms with Gasteiger partial charge in [0.15, 0.2) is 11.9 Å². The minimum atomic E-state index is -6.13. The Morgan fingerprint density at radius 3 is 0.988 bits per heavy atom. The average Bonchev–Trinajstić information content (AvgIpc) is 3.48. The van der Waals surface area contributed by atoms with Gasteiger partial charge < -0.3 is 0 Å². The summed E-state index contributed by atoms with van der Waals surface area (Å²) >= 11 is 0. The van der Waals surface area contributed by atoms with Crippen LogP contribution in [0.4, 0.5) is 105 Å². The van der Waals surface area contributed by atoms with Crippen molar-refractivity contribution < 1.29 is 115 Å². The molecule has 6 aromatic carbocycles. The summed E-state index contributed by atoms with van der Waals surface area (Å²) < 4.78 is 343. The number of hydrogen-bond donors (Lipinski definition) is 0. The van der Waals surface area contributed by atoms with Crippen molar-refractivity contribution in [2.75, 3.05) is 0 Å². The third kappa shape index (κ3) is 13.7. The number of carbonyl (C=O) groups is 1. The Bertz CT molecular complexity index is 3040. The van der Waals surface area contributed by atoms with Gasteiger partial charge in [-0.15, -0.1) is 0 Å². The van der Waals surface area contributed by atoms with Crippen LogP contribution in [0, 0.1) is 0 Å². The predicted octanol–water partition coefficient (Wildman–Crippen LogP) is 15.0. The Balaban J connectivity index is 0.000000370. The van der Waals surface area contributed by atoms with Crippen molar-refractivity contribution in [3.8, 4) is 0 Å². The predicted molar refractivity (Wildman–Crippen MR) is 238 cm³/mol. The van der Waals surface area contributed by atoms with E-state index >= 15 is 0 Å². The molecule has 7 rings (SSSR count). The third-order valence-electron chi connectivity index (χ3n) is 12.2. The second-order valence-corrected chi connectivity index (χ2v) is 17.4. The summed E-state index contributed by atoms with van der Waals surface area (Å²) in [6.07, 6.45) is -52.9. The molecule has 0 N–H and O–H groups in total. The number of Topliss-reactive ketones (excluding diaryl/α,β-unsaturated/α-hetero) is 1. The summed E-state index contributed by atoms with van der Waals surface area (Å²) in [5.41, 5.74) is -20.1. The van der Waals surface area contributed by atoms with E-state index in [1.54, 1.807) is 12.1 Å². The Hall–Kier alpha value is -7.91. The van der Waals surface area contributed by atoms with Gasteiger partial charge >= 0.3 is 49.4 Å². The molecule has 0 saturated carbocycles. The molecule has 30 heteroatoms. The monoisotopic (exact) mass is 1170 g/mol. The molecule has 0 unspecified atom stereocenters. The van der Waals surface area contributed by atoms with Gasteiger partial charge in [-0.3, -0.25) is 4.79 Å². The van der Waals surface area contributed by atoms with E-state index in [2.05, 4.69) is 10.0 Å². The maximum absolute atomic E-state index is 14.2. The van der Waals surface area contributed by atoms with E-state index in [0.717, 1.165) is 16.5 Å². The molecule has 0 radical (unpaired) electrons. The number of azide groups is 1. The van der Waals surface area contributed by atoms with Crippen molar-refractivity contribution >= 4 is 44.6 Å². The molecule has 5 nitrogen and oxygen atoms in total. The molecule has 80 heavy (non-hydrogen) atoms. The highest BCUT2D eigenvalue weighted by atomic mass is 19.4. The standard InChI is InChI=1S/C32H12BF24.C18H15N4O/c34-25(35,36)13-1-14(26(37,38)39)6-21(5-13)33(22-7-15(27(40,41)42)2-16(8-22)28(43,44)45,23-9-17(29(46,47)48)3-18(10-23)30(49,50)51)24-11-19(31(52,53)54)4-20(12-24)32(55,56)57;19-21-20-12-17-16-9-5-4-6-14(16)10-11-22(17)13-18(23)15-7-2-1-3-8-15/h1-12H;1-11H,12-13H2/q-1;+1. The van der Waals surface area contributed by atoms with Crippen molar-refractivity contribution in [3.63, 3.8) is 0 Å². The van der Waals surface area contributed by atoms with Gasteiger partial charge in [0.25, 0.3) is 0 Å². The molecule has 424 valence electrons. The number of rotatable bonds is 9. The smallest absolute Gasteiger partial charge is 0.287 e. The number of pyridine rings is 1. The highest BCUT2D eigenvalue weighted by Gasteiger charge is 2.47. The molecular weight excluding hydrogens is 1140 g/mol. The molecule has 0 aliphatic carbocycles. The van der Waals surface area contributed by atoms with Crippen molar-refractivity contribution in [1.29, 1.82) is 0 Å². The van der Waals surface area contributed by atoms with Gasteiger partial charge in [-0.1, -0.05) is 102 Å². The number of benzene rings is 6. The minimum absolute atomic E-state index is 0.0214. The molecule has 0 amide bonds. The first-order valence-electron chi connectivity index (χ1n) is 21.9. The number of ketones is 1. The maximum Gasteiger partial charge on any atom is 0.416 e. The normalized spacial score (nSPS) is 13.2. The molecule has 1 heterocycles. The van der Waals surface area contributed by atoms with E-state index in [1.165, 1.54) is 0 Å². The lowest BCUT2D eigenvalue weighted by Crippen LogP contribution is -2.75. The SMILES string of the molecule is FC(F)(F)c1cc([B-](c2cc(C(F)(F)F)cc(C(F)(F)F)c2)(c2cc(C(F)(F)F)cc(C(F)(F)F)c2)c2cc(C(F)(F)F)cc(C(F)(F)F)c2)cc(C(F)(F)F)c1.[N-]=[N+]=NCc1c2ccccc2cc[n+]1CC(=O)c1ccccc1. The maximum atomic E-state index is 14.2. The van der Waals surface area contributed by atoms with Crippen molar-refractivity contribution in [2.24, 2.45) is 5.11 Å². The van der Waals surface area contributed by atoms with Crippen LogP contribution in [-0.2, 0) is 62.5 Å². The molecule has 1 aromatic heterocycles. The molecule has 0 spiro atoms. The topological polar surface area (TPSA) is 69.7 Å². The zero-order valence-corrected chi connectivity index (χ0v) is 39.0. The average molecular weight is 1170 g/mol. The van der Waals surface area contributed by atoms with Crippen LogP contribution in [0.3, 0.4) is 0 Å². The lowest BCUT2D eigenvalue weighted by Gasteiger charge is -2.46. The molecule has 0 aliphatic rings. The Labute approximate surface area is 432 Å². The molecule has 0 bridgehead atoms. The lowest BCUT2D eigenvalue weighted by atomic mass is 9.12. The van der Waals surface area contributed by atoms with Crippen LogP contribution in [-0.4, -0.2) is 11.9 Å².